The zero-order valence-corrected chi connectivity index (χ0v) is 15.8. The molecule has 0 aliphatic carbocycles. The first kappa shape index (κ1) is 21.6. The predicted octanol–water partition coefficient (Wildman–Crippen LogP) is 4.51. The quantitative estimate of drug-likeness (QED) is 0.730. The minimum atomic E-state index is -4.60. The Hall–Kier alpha value is -2.74. The fourth-order valence-electron chi connectivity index (χ4n) is 2.26. The lowest BCUT2D eigenvalue weighted by Crippen LogP contribution is -2.30. The van der Waals surface area contributed by atoms with Crippen LogP contribution in [0.5, 0.6) is 5.75 Å². The van der Waals surface area contributed by atoms with Crippen molar-refractivity contribution in [3.8, 4) is 5.75 Å². The molecule has 0 radical (unpaired) electrons. The van der Waals surface area contributed by atoms with Crippen LogP contribution in [0, 0.1) is 0 Å². The number of carbonyl (C=O) groups excluding carboxylic acids is 2. The van der Waals surface area contributed by atoms with Gasteiger partial charge in [-0.25, -0.2) is 0 Å². The first-order valence-corrected chi connectivity index (χ1v) is 8.65. The maximum atomic E-state index is 12.9. The summed E-state index contributed by atoms with van der Waals surface area (Å²) in [5.74, 6) is -1.53. The summed E-state index contributed by atoms with van der Waals surface area (Å²) in [7, 11) is 0. The molecular formula is C19H18ClF3N2O3. The number of carbonyl (C=O) groups is 2. The number of alkyl halides is 3. The molecule has 0 heterocycles. The lowest BCUT2D eigenvalue weighted by molar-refractivity contribution is -0.139. The van der Waals surface area contributed by atoms with Gasteiger partial charge >= 0.3 is 6.18 Å². The van der Waals surface area contributed by atoms with E-state index in [1.165, 1.54) is 30.3 Å². The number of ether oxygens (including phenoxy) is 1. The fraction of sp³-hybridized carbons (Fsp3) is 0.263. The highest BCUT2D eigenvalue weighted by atomic mass is 35.5. The smallest absolute Gasteiger partial charge is 0.419 e. The Morgan fingerprint density at radius 1 is 1.14 bits per heavy atom. The van der Waals surface area contributed by atoms with Crippen LogP contribution in [0.1, 0.15) is 29.8 Å². The Kier molecular flexibility index (Phi) is 6.90. The maximum absolute atomic E-state index is 12.9. The van der Waals surface area contributed by atoms with Crippen molar-refractivity contribution in [2.24, 2.45) is 0 Å². The number of hydrogen-bond acceptors (Lipinski definition) is 3. The van der Waals surface area contributed by atoms with E-state index in [9.17, 15) is 22.8 Å². The van der Waals surface area contributed by atoms with Crippen LogP contribution in [0.2, 0.25) is 5.02 Å². The van der Waals surface area contributed by atoms with E-state index in [0.717, 1.165) is 12.1 Å². The largest absolute Gasteiger partial charge is 0.483 e. The highest BCUT2D eigenvalue weighted by molar-refractivity contribution is 6.33. The van der Waals surface area contributed by atoms with Crippen molar-refractivity contribution < 1.29 is 27.5 Å². The summed E-state index contributed by atoms with van der Waals surface area (Å²) < 4.78 is 43.9. The molecule has 0 unspecified atom stereocenters. The molecule has 0 aliphatic rings. The van der Waals surface area contributed by atoms with Crippen LogP contribution in [-0.2, 0) is 11.0 Å². The van der Waals surface area contributed by atoms with E-state index in [4.69, 9.17) is 16.3 Å². The van der Waals surface area contributed by atoms with Gasteiger partial charge in [-0.1, -0.05) is 23.7 Å². The second-order valence-electron chi connectivity index (χ2n) is 6.15. The van der Waals surface area contributed by atoms with E-state index >= 15 is 0 Å². The molecule has 28 heavy (non-hydrogen) atoms. The molecule has 5 nitrogen and oxygen atoms in total. The molecule has 0 aromatic heterocycles. The van der Waals surface area contributed by atoms with E-state index < -0.39 is 30.0 Å². The molecule has 2 aromatic rings. The van der Waals surface area contributed by atoms with Gasteiger partial charge in [0, 0.05) is 11.6 Å². The van der Waals surface area contributed by atoms with Gasteiger partial charge in [-0.15, -0.1) is 0 Å². The topological polar surface area (TPSA) is 67.4 Å². The molecule has 0 spiro atoms. The van der Waals surface area contributed by atoms with Gasteiger partial charge in [-0.05, 0) is 44.2 Å². The molecule has 150 valence electrons. The van der Waals surface area contributed by atoms with Crippen molar-refractivity contribution in [3.05, 3.63) is 58.6 Å². The Bertz CT molecular complexity index is 870. The third-order valence-corrected chi connectivity index (χ3v) is 3.80. The number of hydrogen-bond donors (Lipinski definition) is 2. The SMILES string of the molecule is CC(C)NC(=O)c1ccc(Cl)c(NC(=O)COc2ccccc2C(F)(F)F)c1. The summed E-state index contributed by atoms with van der Waals surface area (Å²) in [5.41, 5.74) is -0.555. The van der Waals surface area contributed by atoms with Crippen LogP contribution in [0.4, 0.5) is 18.9 Å². The number of amides is 2. The second-order valence-corrected chi connectivity index (χ2v) is 6.56. The molecular weight excluding hydrogens is 397 g/mol. The van der Waals surface area contributed by atoms with Crippen molar-refractivity contribution in [2.75, 3.05) is 11.9 Å². The van der Waals surface area contributed by atoms with E-state index in [1.54, 1.807) is 13.8 Å². The monoisotopic (exact) mass is 414 g/mol. The van der Waals surface area contributed by atoms with Crippen LogP contribution < -0.4 is 15.4 Å². The van der Waals surface area contributed by atoms with Gasteiger partial charge in [0.05, 0.1) is 16.3 Å². The van der Waals surface area contributed by atoms with Crippen molar-refractivity contribution in [3.63, 3.8) is 0 Å². The molecule has 2 aromatic carbocycles. The molecule has 0 bridgehead atoms. The van der Waals surface area contributed by atoms with Gasteiger partial charge in [0.25, 0.3) is 11.8 Å². The second kappa shape index (κ2) is 8.97. The lowest BCUT2D eigenvalue weighted by atomic mass is 10.1. The molecule has 2 amide bonds. The van der Waals surface area contributed by atoms with Crippen molar-refractivity contribution >= 4 is 29.1 Å². The first-order valence-electron chi connectivity index (χ1n) is 8.27. The number of anilines is 1. The molecule has 0 fully saturated rings. The summed E-state index contributed by atoms with van der Waals surface area (Å²) in [6.07, 6.45) is -4.60. The summed E-state index contributed by atoms with van der Waals surface area (Å²) >= 11 is 6.02. The number of halogens is 4. The minimum absolute atomic E-state index is 0.0803. The summed E-state index contributed by atoms with van der Waals surface area (Å²) in [4.78, 5) is 24.1. The van der Waals surface area contributed by atoms with Gasteiger partial charge in [0.15, 0.2) is 6.61 Å². The van der Waals surface area contributed by atoms with E-state index in [1.807, 2.05) is 0 Å². The highest BCUT2D eigenvalue weighted by Gasteiger charge is 2.34. The van der Waals surface area contributed by atoms with E-state index in [-0.39, 0.29) is 28.2 Å². The maximum Gasteiger partial charge on any atom is 0.419 e. The van der Waals surface area contributed by atoms with Gasteiger partial charge < -0.3 is 15.4 Å². The van der Waals surface area contributed by atoms with Gasteiger partial charge in [0.1, 0.15) is 5.75 Å². The van der Waals surface area contributed by atoms with E-state index in [0.29, 0.717) is 0 Å². The zero-order valence-electron chi connectivity index (χ0n) is 15.1. The first-order chi connectivity index (χ1) is 13.1. The number of para-hydroxylation sites is 1. The molecule has 0 saturated carbocycles. The highest BCUT2D eigenvalue weighted by Crippen LogP contribution is 2.35. The molecule has 9 heteroatoms. The third-order valence-electron chi connectivity index (χ3n) is 3.47. The van der Waals surface area contributed by atoms with Crippen molar-refractivity contribution in [1.82, 2.24) is 5.32 Å². The van der Waals surface area contributed by atoms with Crippen LogP contribution in [0.15, 0.2) is 42.5 Å². The average molecular weight is 415 g/mol. The average Bonchev–Trinajstić information content (AvgIpc) is 2.60. The Labute approximate surface area is 164 Å². The Morgan fingerprint density at radius 2 is 1.82 bits per heavy atom. The van der Waals surface area contributed by atoms with Crippen LogP contribution in [-0.4, -0.2) is 24.5 Å². The lowest BCUT2D eigenvalue weighted by Gasteiger charge is -2.14. The fourth-order valence-corrected chi connectivity index (χ4v) is 2.43. The number of rotatable bonds is 6. The summed E-state index contributed by atoms with van der Waals surface area (Å²) in [6.45, 7) is 2.94. The number of benzene rings is 2. The van der Waals surface area contributed by atoms with Gasteiger partial charge in [-0.3, -0.25) is 9.59 Å². The van der Waals surface area contributed by atoms with Gasteiger partial charge in [-0.2, -0.15) is 13.2 Å². The summed E-state index contributed by atoms with van der Waals surface area (Å²) in [5, 5.41) is 5.30. The van der Waals surface area contributed by atoms with Gasteiger partial charge in [0.2, 0.25) is 0 Å². The van der Waals surface area contributed by atoms with Crippen LogP contribution in [0.3, 0.4) is 0 Å². The predicted molar refractivity (Wildman–Crippen MR) is 99.6 cm³/mol. The molecule has 2 rings (SSSR count). The normalized spacial score (nSPS) is 11.2. The zero-order chi connectivity index (χ0) is 20.9. The minimum Gasteiger partial charge on any atom is -0.483 e. The standard InChI is InChI=1S/C19H18ClF3N2O3/c1-11(2)24-18(27)12-7-8-14(20)15(9-12)25-17(26)10-28-16-6-4-3-5-13(16)19(21,22)23/h3-9,11H,10H2,1-2H3,(H,24,27)(H,25,26). The third kappa shape index (κ3) is 5.88. The van der Waals surface area contributed by atoms with Crippen molar-refractivity contribution in [1.29, 1.82) is 0 Å². The molecule has 2 N–H and O–H groups in total. The summed E-state index contributed by atoms with van der Waals surface area (Å²) in [6, 6.07) is 8.81. The Balaban J connectivity index is 2.07. The molecule has 0 atom stereocenters. The van der Waals surface area contributed by atoms with Crippen molar-refractivity contribution in [2.45, 2.75) is 26.1 Å². The van der Waals surface area contributed by atoms with Crippen LogP contribution in [0.25, 0.3) is 0 Å². The Morgan fingerprint density at radius 3 is 2.46 bits per heavy atom. The molecule has 0 aliphatic heterocycles. The van der Waals surface area contributed by atoms with Crippen LogP contribution >= 0.6 is 11.6 Å². The van der Waals surface area contributed by atoms with E-state index in [2.05, 4.69) is 10.6 Å². The number of nitrogens with one attached hydrogen (secondary N) is 2. The molecule has 0 saturated heterocycles.